The minimum Gasteiger partial charge on any atom is -0.480 e. The average molecular weight is 387 g/mol. The van der Waals surface area contributed by atoms with Crippen LogP contribution in [0.15, 0.2) is 35.1 Å². The first-order chi connectivity index (χ1) is 11.0. The molecule has 0 aliphatic carbocycles. The van der Waals surface area contributed by atoms with E-state index in [1.54, 1.807) is 6.07 Å². The number of nitrogen functional groups attached to an aromatic ring is 1. The molecule has 0 saturated heterocycles. The molecule has 2 aromatic rings. The highest BCUT2D eigenvalue weighted by Crippen LogP contribution is 2.37. The summed E-state index contributed by atoms with van der Waals surface area (Å²) in [6, 6.07) is 8.30. The molecule has 3 N–H and O–H groups in total. The zero-order valence-electron chi connectivity index (χ0n) is 11.8. The molecule has 3 atom stereocenters. The van der Waals surface area contributed by atoms with Gasteiger partial charge in [0.15, 0.2) is 6.04 Å². The Morgan fingerprint density at radius 3 is 2.70 bits per heavy atom. The van der Waals surface area contributed by atoms with Crippen LogP contribution < -0.4 is 5.73 Å². The van der Waals surface area contributed by atoms with Gasteiger partial charge in [0.25, 0.3) is 0 Å². The molecule has 120 valence electrons. The number of aliphatic carboxylic acids is 1. The summed E-state index contributed by atoms with van der Waals surface area (Å²) < 4.78 is 4.15. The maximum Gasteiger partial charge on any atom is 0.329 e. The van der Waals surface area contributed by atoms with Gasteiger partial charge in [-0.25, -0.2) is 19.5 Å². The van der Waals surface area contributed by atoms with E-state index >= 15 is 0 Å². The molecule has 0 bridgehead atoms. The standard InChI is InChI=1S/C13H14ClN4O2P3/c14-11-6-9(16-13(15)17-11)8-3-1-7(2-4-8)5-10(12(19)20)18-22-23-21/h1-4,6,10,23H,5,21H2,(H,19,20)(H2,15,16,17)/t10-/m0/s1. The van der Waals surface area contributed by atoms with Gasteiger partial charge < -0.3 is 10.8 Å². The molecule has 2 unspecified atom stereocenters. The van der Waals surface area contributed by atoms with Gasteiger partial charge in [0, 0.05) is 26.1 Å². The van der Waals surface area contributed by atoms with Crippen molar-refractivity contribution in [1.29, 1.82) is 0 Å². The Labute approximate surface area is 143 Å². The average Bonchev–Trinajstić information content (AvgIpc) is 2.50. The van der Waals surface area contributed by atoms with Crippen LogP contribution in [0, 0.1) is 0 Å². The third-order valence-electron chi connectivity index (χ3n) is 2.93. The number of hydrogen-bond acceptors (Lipinski definition) is 5. The van der Waals surface area contributed by atoms with Gasteiger partial charge in [0.2, 0.25) is 5.95 Å². The lowest BCUT2D eigenvalue weighted by atomic mass is 10.0. The fourth-order valence-corrected chi connectivity index (χ4v) is 3.69. The first-order valence-corrected chi connectivity index (χ1v) is 11.3. The smallest absolute Gasteiger partial charge is 0.329 e. The summed E-state index contributed by atoms with van der Waals surface area (Å²) in [7, 11) is 3.83. The molecule has 0 spiro atoms. The molecule has 1 aromatic heterocycles. The van der Waals surface area contributed by atoms with Crippen LogP contribution in [0.1, 0.15) is 5.56 Å². The number of anilines is 1. The molecule has 0 radical (unpaired) electrons. The minimum atomic E-state index is -0.916. The van der Waals surface area contributed by atoms with Crippen molar-refractivity contribution in [3.63, 3.8) is 0 Å². The van der Waals surface area contributed by atoms with Gasteiger partial charge in [0.1, 0.15) is 5.15 Å². The number of nitrogens with zero attached hydrogens (tertiary/aromatic N) is 3. The lowest BCUT2D eigenvalue weighted by Gasteiger charge is -2.08. The summed E-state index contributed by atoms with van der Waals surface area (Å²) >= 11 is 5.87. The highest BCUT2D eigenvalue weighted by molar-refractivity contribution is 8.36. The maximum absolute atomic E-state index is 11.2. The summed E-state index contributed by atoms with van der Waals surface area (Å²) in [5, 5.41) is 9.48. The Morgan fingerprint density at radius 1 is 1.43 bits per heavy atom. The third-order valence-corrected chi connectivity index (χ3v) is 5.37. The number of carboxylic acids is 1. The second kappa shape index (κ2) is 8.61. The Morgan fingerprint density at radius 2 is 2.13 bits per heavy atom. The lowest BCUT2D eigenvalue weighted by Crippen LogP contribution is -2.19. The number of rotatable bonds is 6. The van der Waals surface area contributed by atoms with Crippen LogP contribution in [0.25, 0.3) is 11.3 Å². The Bertz CT molecular complexity index is 707. The van der Waals surface area contributed by atoms with Gasteiger partial charge in [-0.05, 0) is 13.5 Å². The van der Waals surface area contributed by atoms with E-state index in [1.807, 2.05) is 24.3 Å². The van der Waals surface area contributed by atoms with Crippen LogP contribution in [0.2, 0.25) is 5.15 Å². The quantitative estimate of drug-likeness (QED) is 0.579. The SMILES string of the molecule is Nc1nc(Cl)cc(-c2ccc(C[C@H](/N=P/PP)C(=O)O)cc2)n1. The first kappa shape index (κ1) is 18.2. The van der Waals surface area contributed by atoms with E-state index in [9.17, 15) is 9.90 Å². The number of aromatic nitrogens is 2. The van der Waals surface area contributed by atoms with Crippen LogP contribution in [0.3, 0.4) is 0 Å². The molecule has 0 aliphatic heterocycles. The summed E-state index contributed by atoms with van der Waals surface area (Å²) in [4.78, 5) is 19.2. The molecule has 23 heavy (non-hydrogen) atoms. The van der Waals surface area contributed by atoms with E-state index in [0.717, 1.165) is 19.2 Å². The van der Waals surface area contributed by atoms with Crippen LogP contribution in [0.5, 0.6) is 0 Å². The molecular weight excluding hydrogens is 373 g/mol. The van der Waals surface area contributed by atoms with Crippen molar-refractivity contribution in [1.82, 2.24) is 9.97 Å². The van der Waals surface area contributed by atoms with Crippen LogP contribution in [-0.4, -0.2) is 27.1 Å². The number of benzene rings is 1. The monoisotopic (exact) mass is 386 g/mol. The van der Waals surface area contributed by atoms with Crippen LogP contribution >= 0.6 is 36.5 Å². The highest BCUT2D eigenvalue weighted by Gasteiger charge is 2.16. The molecule has 2 rings (SSSR count). The van der Waals surface area contributed by atoms with Crippen molar-refractivity contribution in [2.24, 2.45) is 4.74 Å². The van der Waals surface area contributed by atoms with Gasteiger partial charge in [-0.2, -0.15) is 0 Å². The highest BCUT2D eigenvalue weighted by atomic mass is 35.5. The fraction of sp³-hybridized carbons (Fsp3) is 0.154. The molecule has 10 heteroatoms. The lowest BCUT2D eigenvalue weighted by molar-refractivity contribution is -0.138. The summed E-state index contributed by atoms with van der Waals surface area (Å²) in [6.07, 6.45) is 0.352. The molecule has 0 amide bonds. The Hall–Kier alpha value is -1.18. The van der Waals surface area contributed by atoms with E-state index in [2.05, 4.69) is 23.6 Å². The predicted octanol–water partition coefficient (Wildman–Crippen LogP) is 3.89. The number of carbonyl (C=O) groups is 1. The normalized spacial score (nSPS) is 13.0. The van der Waals surface area contributed by atoms with E-state index in [1.165, 1.54) is 0 Å². The topological polar surface area (TPSA) is 101 Å². The minimum absolute atomic E-state index is 0.110. The first-order valence-electron chi connectivity index (χ1n) is 6.47. The summed E-state index contributed by atoms with van der Waals surface area (Å²) in [5.41, 5.74) is 7.93. The van der Waals surface area contributed by atoms with E-state index in [-0.39, 0.29) is 11.1 Å². The van der Waals surface area contributed by atoms with Crippen molar-refractivity contribution in [2.75, 3.05) is 5.73 Å². The molecule has 0 saturated carbocycles. The van der Waals surface area contributed by atoms with Crippen molar-refractivity contribution >= 4 is 48.5 Å². The van der Waals surface area contributed by atoms with Gasteiger partial charge >= 0.3 is 5.97 Å². The van der Waals surface area contributed by atoms with Crippen molar-refractivity contribution in [2.45, 2.75) is 12.5 Å². The zero-order chi connectivity index (χ0) is 16.8. The number of halogens is 1. The van der Waals surface area contributed by atoms with Crippen molar-refractivity contribution in [3.8, 4) is 11.3 Å². The Kier molecular flexibility index (Phi) is 6.80. The second-order valence-corrected chi connectivity index (χ2v) is 9.31. The second-order valence-electron chi connectivity index (χ2n) is 4.53. The summed E-state index contributed by atoms with van der Waals surface area (Å²) in [5.74, 6) is -0.807. The maximum atomic E-state index is 11.2. The molecule has 0 aliphatic rings. The third kappa shape index (κ3) is 5.44. The van der Waals surface area contributed by atoms with E-state index < -0.39 is 12.0 Å². The number of carboxylic acid groups (broad SMARTS) is 1. The van der Waals surface area contributed by atoms with Crippen LogP contribution in [0.4, 0.5) is 5.95 Å². The van der Waals surface area contributed by atoms with E-state index in [4.69, 9.17) is 17.3 Å². The molecule has 1 aromatic carbocycles. The van der Waals surface area contributed by atoms with Crippen LogP contribution in [-0.2, 0) is 11.2 Å². The van der Waals surface area contributed by atoms with E-state index in [0.29, 0.717) is 20.1 Å². The Balaban J connectivity index is 2.18. The van der Waals surface area contributed by atoms with Gasteiger partial charge in [-0.3, -0.25) is 0 Å². The van der Waals surface area contributed by atoms with Gasteiger partial charge in [-0.15, -0.1) is 8.93 Å². The fourth-order valence-electron chi connectivity index (χ4n) is 1.90. The van der Waals surface area contributed by atoms with Crippen molar-refractivity contribution in [3.05, 3.63) is 41.0 Å². The molecule has 1 heterocycles. The summed E-state index contributed by atoms with van der Waals surface area (Å²) in [6.45, 7) is 0. The largest absolute Gasteiger partial charge is 0.480 e. The number of hydrogen-bond donors (Lipinski definition) is 2. The molecular formula is C13H14ClN4O2P3. The molecule has 6 nitrogen and oxygen atoms in total. The van der Waals surface area contributed by atoms with Gasteiger partial charge in [0.05, 0.1) is 5.69 Å². The van der Waals surface area contributed by atoms with Crippen molar-refractivity contribution < 1.29 is 9.90 Å². The van der Waals surface area contributed by atoms with Gasteiger partial charge in [-0.1, -0.05) is 35.9 Å². The number of nitrogens with two attached hydrogens (primary N) is 1. The zero-order valence-corrected chi connectivity index (χ0v) is 15.7. The molecule has 0 fully saturated rings. The predicted molar refractivity (Wildman–Crippen MR) is 99.4 cm³/mol.